The number of nitrogens with one attached hydrogen (secondary N) is 5. The van der Waals surface area contributed by atoms with Crippen LogP contribution >= 0.6 is 0 Å². The summed E-state index contributed by atoms with van der Waals surface area (Å²) in [5, 5.41) is 12.5. The number of carbonyl (C=O) groups is 6. The third-order valence-electron chi connectivity index (χ3n) is 11.5. The van der Waals surface area contributed by atoms with Crippen LogP contribution in [0.25, 0.3) is 22.2 Å². The third-order valence-corrected chi connectivity index (χ3v) is 11.5. The van der Waals surface area contributed by atoms with Crippen LogP contribution in [0.2, 0.25) is 0 Å². The number of hydrogen-bond donors (Lipinski definition) is 5. The zero-order valence-electron chi connectivity index (χ0n) is 39.3. The van der Waals surface area contributed by atoms with Gasteiger partial charge in [0.15, 0.2) is 0 Å². The van der Waals surface area contributed by atoms with Crippen LogP contribution in [0.5, 0.6) is 0 Å². The van der Waals surface area contributed by atoms with Gasteiger partial charge >= 0.3 is 12.2 Å². The molecule has 352 valence electrons. The van der Waals surface area contributed by atoms with Crippen LogP contribution in [0, 0.1) is 0 Å². The SMILES string of the molecule is CCCN(CC(=O)Nc1ccc2c(c1)CCc1c-2[nH]c2ccc(NC(=O)[C@@H]3CCCN3C(=O)[C@@H](NC(=O)OC(C)(C)C)c3ccccc3)cc12)C(=O)[C@@H](NC(=O)OC(C)(C)C)c1ccccc1. The van der Waals surface area contributed by atoms with Crippen LogP contribution in [-0.2, 0) is 41.5 Å². The summed E-state index contributed by atoms with van der Waals surface area (Å²) < 4.78 is 10.9. The molecule has 1 aliphatic heterocycles. The number of fused-ring (bicyclic) bond motifs is 5. The van der Waals surface area contributed by atoms with Gasteiger partial charge in [0.2, 0.25) is 17.7 Å². The van der Waals surface area contributed by atoms with Gasteiger partial charge in [-0.05, 0) is 126 Å². The lowest BCUT2D eigenvalue weighted by atomic mass is 9.88. The van der Waals surface area contributed by atoms with Crippen molar-refractivity contribution in [3.63, 3.8) is 0 Å². The van der Waals surface area contributed by atoms with Gasteiger partial charge in [0.25, 0.3) is 5.91 Å². The quantitative estimate of drug-likeness (QED) is 0.0776. The summed E-state index contributed by atoms with van der Waals surface area (Å²) in [5.41, 5.74) is 5.82. The highest BCUT2D eigenvalue weighted by Gasteiger charge is 2.39. The average Bonchev–Trinajstić information content (AvgIpc) is 3.92. The van der Waals surface area contributed by atoms with Crippen molar-refractivity contribution < 1.29 is 38.2 Å². The molecule has 15 nitrogen and oxygen atoms in total. The van der Waals surface area contributed by atoms with Gasteiger partial charge < -0.3 is 45.5 Å². The number of nitrogens with zero attached hydrogens (tertiary/aromatic N) is 2. The van der Waals surface area contributed by atoms with E-state index in [-0.39, 0.29) is 24.3 Å². The zero-order chi connectivity index (χ0) is 48.0. The van der Waals surface area contributed by atoms with Crippen LogP contribution in [0.15, 0.2) is 97.1 Å². The number of H-pyrrole nitrogens is 1. The summed E-state index contributed by atoms with van der Waals surface area (Å²) in [6.45, 7) is 12.9. The number of anilines is 2. The summed E-state index contributed by atoms with van der Waals surface area (Å²) in [4.78, 5) is 87.9. The highest BCUT2D eigenvalue weighted by molar-refractivity contribution is 6.02. The smallest absolute Gasteiger partial charge is 0.408 e. The van der Waals surface area contributed by atoms with Crippen molar-refractivity contribution in [3.8, 4) is 11.3 Å². The molecular formula is C52H61N7O8. The standard InChI is InChI=1S/C52H61N7O8/c1-8-27-58(47(62)43(32-16-11-9-12-17-32)56-49(64)66-51(2,3)4)31-42(60)53-35-22-25-37-34(29-35)21-24-38-39-30-36(23-26-40(39)55-45(37)38)54-46(61)41-20-15-28-59(41)48(63)44(33-18-13-10-14-19-33)57-50(65)67-52(5,6)7/h9-14,16-19,22-23,25-26,29-30,41,43-44,55H,8,15,20-21,24,27-28,31H2,1-7H3,(H,53,60)(H,54,61)(H,56,64)(H,57,65)/t41-,43-,44-/m0/s1. The Morgan fingerprint density at radius 3 is 1.97 bits per heavy atom. The van der Waals surface area contributed by atoms with Gasteiger partial charge in [0.1, 0.15) is 29.3 Å². The molecule has 15 heteroatoms. The third kappa shape index (κ3) is 11.8. The second kappa shape index (κ2) is 20.1. The Morgan fingerprint density at radius 2 is 1.34 bits per heavy atom. The highest BCUT2D eigenvalue weighted by atomic mass is 16.6. The predicted octanol–water partition coefficient (Wildman–Crippen LogP) is 8.57. The summed E-state index contributed by atoms with van der Waals surface area (Å²) in [5.74, 6) is -1.50. The maximum absolute atomic E-state index is 14.1. The molecule has 5 N–H and O–H groups in total. The number of rotatable bonds is 13. The van der Waals surface area contributed by atoms with Gasteiger partial charge in [-0.15, -0.1) is 0 Å². The number of aromatic amines is 1. The number of aryl methyl sites for hydroxylation is 2. The molecule has 67 heavy (non-hydrogen) atoms. The molecule has 0 unspecified atom stereocenters. The van der Waals surface area contributed by atoms with Crippen molar-refractivity contribution in [2.75, 3.05) is 30.3 Å². The number of aromatic nitrogens is 1. The second-order valence-electron chi connectivity index (χ2n) is 19.1. The molecule has 2 heterocycles. The van der Waals surface area contributed by atoms with Crippen molar-refractivity contribution in [2.24, 2.45) is 0 Å². The molecule has 0 bridgehead atoms. The van der Waals surface area contributed by atoms with Gasteiger partial charge in [-0.25, -0.2) is 9.59 Å². The average molecular weight is 912 g/mol. The van der Waals surface area contributed by atoms with E-state index in [0.29, 0.717) is 67.7 Å². The number of hydrogen-bond acceptors (Lipinski definition) is 8. The van der Waals surface area contributed by atoms with E-state index < -0.39 is 47.4 Å². The maximum Gasteiger partial charge on any atom is 0.408 e. The van der Waals surface area contributed by atoms with Crippen molar-refractivity contribution in [1.82, 2.24) is 25.4 Å². The van der Waals surface area contributed by atoms with Crippen molar-refractivity contribution in [2.45, 2.75) is 110 Å². The molecular weight excluding hydrogens is 851 g/mol. The molecule has 0 radical (unpaired) electrons. The molecule has 3 atom stereocenters. The first-order chi connectivity index (χ1) is 31.9. The summed E-state index contributed by atoms with van der Waals surface area (Å²) in [7, 11) is 0. The van der Waals surface area contributed by atoms with Crippen LogP contribution in [0.3, 0.4) is 0 Å². The first-order valence-corrected chi connectivity index (χ1v) is 22.9. The lowest BCUT2D eigenvalue weighted by Gasteiger charge is -2.29. The topological polar surface area (TPSA) is 191 Å². The van der Waals surface area contributed by atoms with Crippen LogP contribution < -0.4 is 21.3 Å². The van der Waals surface area contributed by atoms with Crippen LogP contribution in [0.1, 0.15) is 102 Å². The number of likely N-dealkylation sites (tertiary alicyclic amines) is 1. The van der Waals surface area contributed by atoms with E-state index in [9.17, 15) is 28.8 Å². The normalized spacial score (nSPS) is 15.3. The van der Waals surface area contributed by atoms with E-state index in [1.807, 2.05) is 55.5 Å². The van der Waals surface area contributed by atoms with E-state index in [2.05, 4.69) is 26.3 Å². The van der Waals surface area contributed by atoms with Crippen molar-refractivity contribution in [3.05, 3.63) is 119 Å². The molecule has 1 aromatic heterocycles. The fraction of sp³-hybridized carbons (Fsp3) is 0.385. The minimum Gasteiger partial charge on any atom is -0.444 e. The Hall–Kier alpha value is -7.16. The van der Waals surface area contributed by atoms with E-state index in [1.165, 1.54) is 4.90 Å². The van der Waals surface area contributed by atoms with Gasteiger partial charge in [0.05, 0.1) is 6.54 Å². The molecule has 0 spiro atoms. The highest BCUT2D eigenvalue weighted by Crippen LogP contribution is 2.39. The van der Waals surface area contributed by atoms with Crippen molar-refractivity contribution in [1.29, 1.82) is 0 Å². The molecule has 6 amide bonds. The number of ether oxygens (including phenoxy) is 2. The number of carbonyl (C=O) groups excluding carboxylic acids is 6. The first-order valence-electron chi connectivity index (χ1n) is 22.9. The predicted molar refractivity (Wildman–Crippen MR) is 257 cm³/mol. The van der Waals surface area contributed by atoms with E-state index in [4.69, 9.17) is 9.47 Å². The van der Waals surface area contributed by atoms with Crippen molar-refractivity contribution >= 4 is 58.1 Å². The monoisotopic (exact) mass is 911 g/mol. The Morgan fingerprint density at radius 1 is 0.746 bits per heavy atom. The Bertz CT molecular complexity index is 2630. The van der Waals surface area contributed by atoms with Gasteiger partial charge in [-0.3, -0.25) is 19.2 Å². The van der Waals surface area contributed by atoms with E-state index >= 15 is 0 Å². The van der Waals surface area contributed by atoms with Gasteiger partial charge in [0, 0.05) is 46.6 Å². The molecule has 1 aliphatic carbocycles. The molecule has 0 saturated carbocycles. The Balaban J connectivity index is 1.02. The van der Waals surface area contributed by atoms with Crippen LogP contribution in [-0.4, -0.2) is 87.5 Å². The summed E-state index contributed by atoms with van der Waals surface area (Å²) in [6, 6.07) is 26.5. The van der Waals surface area contributed by atoms with E-state index in [1.54, 1.807) is 95.0 Å². The Kier molecular flexibility index (Phi) is 14.4. The lowest BCUT2D eigenvalue weighted by Crippen LogP contribution is -2.49. The Labute approximate surface area is 391 Å². The molecule has 1 saturated heterocycles. The van der Waals surface area contributed by atoms with Crippen LogP contribution in [0.4, 0.5) is 21.0 Å². The molecule has 2 aliphatic rings. The molecule has 5 aromatic rings. The minimum absolute atomic E-state index is 0.220. The second-order valence-corrected chi connectivity index (χ2v) is 19.1. The fourth-order valence-electron chi connectivity index (χ4n) is 8.70. The first kappa shape index (κ1) is 47.8. The van der Waals surface area contributed by atoms with E-state index in [0.717, 1.165) is 33.3 Å². The maximum atomic E-state index is 14.1. The largest absolute Gasteiger partial charge is 0.444 e. The zero-order valence-corrected chi connectivity index (χ0v) is 39.3. The lowest BCUT2D eigenvalue weighted by molar-refractivity contribution is -0.138. The molecule has 1 fully saturated rings. The fourth-order valence-corrected chi connectivity index (χ4v) is 8.70. The number of alkyl carbamates (subject to hydrolysis) is 2. The van der Waals surface area contributed by atoms with Gasteiger partial charge in [-0.1, -0.05) is 73.7 Å². The summed E-state index contributed by atoms with van der Waals surface area (Å²) >= 11 is 0. The van der Waals surface area contributed by atoms with Gasteiger partial charge in [-0.2, -0.15) is 0 Å². The number of amides is 6. The minimum atomic E-state index is -1.06. The number of benzene rings is 4. The summed E-state index contributed by atoms with van der Waals surface area (Å²) in [6.07, 6.45) is 1.65. The molecule has 7 rings (SSSR count). The molecule has 4 aromatic carbocycles.